The molecule has 23 heavy (non-hydrogen) atoms. The van der Waals surface area contributed by atoms with E-state index in [2.05, 4.69) is 10.9 Å². The molecule has 5 heteroatoms. The van der Waals surface area contributed by atoms with Gasteiger partial charge < -0.3 is 14.4 Å². The van der Waals surface area contributed by atoms with Crippen LogP contribution in [0.2, 0.25) is 0 Å². The Bertz CT molecular complexity index is 739. The van der Waals surface area contributed by atoms with Crippen LogP contribution < -0.4 is 0 Å². The number of hydrogen-bond donors (Lipinski definition) is 1. The van der Waals surface area contributed by atoms with Crippen molar-refractivity contribution in [2.24, 2.45) is 5.92 Å². The van der Waals surface area contributed by atoms with Crippen molar-refractivity contribution in [3.8, 4) is 5.75 Å². The molecule has 1 aromatic carbocycles. The van der Waals surface area contributed by atoms with Gasteiger partial charge in [0.2, 0.25) is 0 Å². The van der Waals surface area contributed by atoms with Crippen LogP contribution in [0.1, 0.15) is 37.4 Å². The molecule has 1 aromatic heterocycles. The summed E-state index contributed by atoms with van der Waals surface area (Å²) >= 11 is 0. The number of aromatic nitrogens is 1. The van der Waals surface area contributed by atoms with Crippen molar-refractivity contribution in [1.29, 1.82) is 0 Å². The molecule has 1 N–H and O–H groups in total. The lowest BCUT2D eigenvalue weighted by atomic mass is 9.90. The lowest BCUT2D eigenvalue weighted by Gasteiger charge is -2.29. The number of benzene rings is 1. The number of aromatic hydroxyl groups is 1. The lowest BCUT2D eigenvalue weighted by molar-refractivity contribution is 0.270. The number of hydrogen-bond acceptors (Lipinski definition) is 4. The second-order valence-corrected chi connectivity index (χ2v) is 6.12. The third-order valence-corrected chi connectivity index (χ3v) is 4.56. The Morgan fingerprint density at radius 3 is 2.96 bits per heavy atom. The van der Waals surface area contributed by atoms with E-state index in [1.54, 1.807) is 18.2 Å². The van der Waals surface area contributed by atoms with E-state index in [4.69, 9.17) is 12.5 Å². The minimum Gasteiger partial charge on any atom is -0.507 e. The number of nitrogens with zero attached hydrogens (tertiary/aromatic N) is 2. The number of fused-ring (bicyclic) bond motifs is 1. The average Bonchev–Trinajstić information content (AvgIpc) is 2.97. The predicted molar refractivity (Wildman–Crippen MR) is 92.3 cm³/mol. The fourth-order valence-electron chi connectivity index (χ4n) is 3.13. The normalized spacial score (nSPS) is 16.4. The molecule has 1 saturated heterocycles. The Labute approximate surface area is 137 Å². The number of rotatable bonds is 4. The fourth-order valence-corrected chi connectivity index (χ4v) is 3.13. The second kappa shape index (κ2) is 7.07. The van der Waals surface area contributed by atoms with E-state index < -0.39 is 0 Å². The molecule has 0 saturated carbocycles. The van der Waals surface area contributed by atoms with Crippen LogP contribution in [0.3, 0.4) is 0 Å². The number of aryl methyl sites for hydroxylation is 1. The molecular formula is C18H21BN2O2. The monoisotopic (exact) mass is 308 g/mol. The smallest absolute Gasteiger partial charge is 0.182 e. The highest BCUT2D eigenvalue weighted by Crippen LogP contribution is 2.31. The van der Waals surface area contributed by atoms with Crippen LogP contribution in [0.15, 0.2) is 28.5 Å². The van der Waals surface area contributed by atoms with Crippen molar-refractivity contribution < 1.29 is 9.63 Å². The van der Waals surface area contributed by atoms with Gasteiger partial charge in [-0.15, -0.1) is 5.73 Å². The van der Waals surface area contributed by atoms with Crippen molar-refractivity contribution in [2.75, 3.05) is 13.1 Å². The van der Waals surface area contributed by atoms with Crippen molar-refractivity contribution in [3.05, 3.63) is 35.2 Å². The first kappa shape index (κ1) is 15.9. The molecule has 2 aromatic rings. The Balaban J connectivity index is 1.78. The van der Waals surface area contributed by atoms with Gasteiger partial charge in [-0.2, -0.15) is 0 Å². The van der Waals surface area contributed by atoms with E-state index in [0.29, 0.717) is 17.1 Å². The SMILES string of the molecule is [B]N1CCC(CCc2noc3c(C=C=CC)c(O)ccc23)CC1. The summed E-state index contributed by atoms with van der Waals surface area (Å²) in [7, 11) is 5.80. The van der Waals surface area contributed by atoms with Crippen molar-refractivity contribution >= 4 is 25.0 Å². The van der Waals surface area contributed by atoms with Crippen LogP contribution >= 0.6 is 0 Å². The summed E-state index contributed by atoms with van der Waals surface area (Å²) in [4.78, 5) is 1.89. The number of phenolic OH excluding ortho intramolecular Hbond substituents is 1. The molecule has 0 bridgehead atoms. The van der Waals surface area contributed by atoms with Crippen LogP contribution in [0.4, 0.5) is 0 Å². The Morgan fingerprint density at radius 2 is 2.22 bits per heavy atom. The summed E-state index contributed by atoms with van der Waals surface area (Å²) in [5.41, 5.74) is 5.21. The van der Waals surface area contributed by atoms with E-state index in [9.17, 15) is 5.11 Å². The minimum atomic E-state index is 0.185. The molecular weight excluding hydrogens is 287 g/mol. The van der Waals surface area contributed by atoms with Gasteiger partial charge in [0.1, 0.15) is 5.75 Å². The lowest BCUT2D eigenvalue weighted by Crippen LogP contribution is -2.31. The first-order valence-electron chi connectivity index (χ1n) is 8.16. The zero-order valence-corrected chi connectivity index (χ0v) is 13.5. The highest BCUT2D eigenvalue weighted by molar-refractivity contribution is 6.04. The maximum atomic E-state index is 10.0. The molecule has 1 fully saturated rings. The molecule has 0 aliphatic carbocycles. The van der Waals surface area contributed by atoms with Crippen LogP contribution in [0, 0.1) is 5.92 Å². The van der Waals surface area contributed by atoms with Gasteiger partial charge in [-0.3, -0.25) is 0 Å². The highest BCUT2D eigenvalue weighted by atomic mass is 16.5. The van der Waals surface area contributed by atoms with Crippen LogP contribution in [0.5, 0.6) is 5.75 Å². The van der Waals surface area contributed by atoms with Gasteiger partial charge in [-0.05, 0) is 75.9 Å². The van der Waals surface area contributed by atoms with Gasteiger partial charge in [-0.25, -0.2) is 0 Å². The van der Waals surface area contributed by atoms with E-state index in [1.807, 2.05) is 17.8 Å². The van der Waals surface area contributed by atoms with Gasteiger partial charge in [0.25, 0.3) is 0 Å². The maximum absolute atomic E-state index is 10.0. The summed E-state index contributed by atoms with van der Waals surface area (Å²) in [6, 6.07) is 3.57. The van der Waals surface area contributed by atoms with Gasteiger partial charge >= 0.3 is 0 Å². The van der Waals surface area contributed by atoms with Gasteiger partial charge in [0, 0.05) is 5.39 Å². The zero-order chi connectivity index (χ0) is 16.2. The topological polar surface area (TPSA) is 49.5 Å². The molecule has 2 heterocycles. The summed E-state index contributed by atoms with van der Waals surface area (Å²) in [5.74, 6) is 0.880. The molecule has 0 spiro atoms. The minimum absolute atomic E-state index is 0.185. The molecule has 0 unspecified atom stereocenters. The molecule has 3 rings (SSSR count). The molecule has 1 aliphatic heterocycles. The van der Waals surface area contributed by atoms with Crippen molar-refractivity contribution in [1.82, 2.24) is 9.97 Å². The number of piperidine rings is 1. The Morgan fingerprint density at radius 1 is 1.43 bits per heavy atom. The van der Waals surface area contributed by atoms with Gasteiger partial charge in [-0.1, -0.05) is 5.16 Å². The van der Waals surface area contributed by atoms with Crippen LogP contribution in [-0.2, 0) is 6.42 Å². The molecule has 0 amide bonds. The standard InChI is InChI=1S/C18H21BN2O2/c1-2-3-4-15-17(22)8-6-14-16(20-23-18(14)15)7-5-13-9-11-21(19)12-10-13/h2,4,6,8,13,22H,5,7,9-12H2,1H3. The van der Waals surface area contributed by atoms with Crippen molar-refractivity contribution in [3.63, 3.8) is 0 Å². The van der Waals surface area contributed by atoms with E-state index in [-0.39, 0.29) is 5.75 Å². The molecule has 118 valence electrons. The summed E-state index contributed by atoms with van der Waals surface area (Å²) in [6.07, 6.45) is 7.78. The third-order valence-electron chi connectivity index (χ3n) is 4.56. The highest BCUT2D eigenvalue weighted by Gasteiger charge is 2.19. The predicted octanol–water partition coefficient (Wildman–Crippen LogP) is 3.45. The quantitative estimate of drug-likeness (QED) is 0.694. The van der Waals surface area contributed by atoms with Gasteiger partial charge in [0.05, 0.1) is 11.3 Å². The first-order chi connectivity index (χ1) is 11.2. The van der Waals surface area contributed by atoms with E-state index in [0.717, 1.165) is 49.9 Å². The molecule has 4 nitrogen and oxygen atoms in total. The summed E-state index contributed by atoms with van der Waals surface area (Å²) in [6.45, 7) is 3.82. The van der Waals surface area contributed by atoms with E-state index in [1.165, 1.54) is 0 Å². The van der Waals surface area contributed by atoms with Gasteiger partial charge in [0.15, 0.2) is 13.6 Å². The fraction of sp³-hybridized carbons (Fsp3) is 0.444. The first-order valence-corrected chi connectivity index (χ1v) is 8.16. The Hall–Kier alpha value is -1.97. The van der Waals surface area contributed by atoms with E-state index >= 15 is 0 Å². The number of allylic oxidation sites excluding steroid dienone is 1. The largest absolute Gasteiger partial charge is 0.507 e. The molecule has 0 atom stereocenters. The summed E-state index contributed by atoms with van der Waals surface area (Å²) in [5, 5.41) is 15.2. The second-order valence-electron chi connectivity index (χ2n) is 6.12. The zero-order valence-electron chi connectivity index (χ0n) is 13.5. The maximum Gasteiger partial charge on any atom is 0.182 e. The van der Waals surface area contributed by atoms with Crippen molar-refractivity contribution in [2.45, 2.75) is 32.6 Å². The average molecular weight is 308 g/mol. The molecule has 2 radical (unpaired) electrons. The van der Waals surface area contributed by atoms with Crippen LogP contribution in [0.25, 0.3) is 17.0 Å². The number of phenols is 1. The third kappa shape index (κ3) is 3.52. The molecule has 1 aliphatic rings. The van der Waals surface area contributed by atoms with Crippen LogP contribution in [-0.4, -0.2) is 36.1 Å². The summed E-state index contributed by atoms with van der Waals surface area (Å²) < 4.78 is 5.49. The Kier molecular flexibility index (Phi) is 4.89.